The molecule has 2 aliphatic rings. The normalized spacial score (nSPS) is 22.7. The zero-order valence-electron chi connectivity index (χ0n) is 14.1. The molecule has 6 nitrogen and oxygen atoms in total. The Kier molecular flexibility index (Phi) is 10.8. The largest absolute Gasteiger partial charge is 0.383 e. The van der Waals surface area contributed by atoms with Crippen LogP contribution in [0.5, 0.6) is 0 Å². The van der Waals surface area contributed by atoms with Gasteiger partial charge in [-0.25, -0.2) is 0 Å². The van der Waals surface area contributed by atoms with Crippen molar-refractivity contribution in [2.75, 3.05) is 53.1 Å². The summed E-state index contributed by atoms with van der Waals surface area (Å²) in [5, 5.41) is 3.10. The van der Waals surface area contributed by atoms with Gasteiger partial charge in [0.2, 0.25) is 5.91 Å². The molecule has 23 heavy (non-hydrogen) atoms. The van der Waals surface area contributed by atoms with Crippen LogP contribution < -0.4 is 5.32 Å². The van der Waals surface area contributed by atoms with Crippen molar-refractivity contribution >= 4 is 18.3 Å². The van der Waals surface area contributed by atoms with Gasteiger partial charge in [0.25, 0.3) is 0 Å². The van der Waals surface area contributed by atoms with Crippen molar-refractivity contribution in [3.05, 3.63) is 0 Å². The van der Waals surface area contributed by atoms with E-state index in [2.05, 4.69) is 5.32 Å². The summed E-state index contributed by atoms with van der Waals surface area (Å²) in [5.74, 6) is 0.171. The number of piperidine rings is 1. The lowest BCUT2D eigenvalue weighted by atomic mass is 10.1. The Balaban J connectivity index is 0.00000264. The van der Waals surface area contributed by atoms with Crippen molar-refractivity contribution < 1.29 is 19.0 Å². The molecule has 2 saturated heterocycles. The summed E-state index contributed by atoms with van der Waals surface area (Å²) >= 11 is 0. The fourth-order valence-electron chi connectivity index (χ4n) is 2.94. The number of amides is 1. The molecule has 0 aromatic carbocycles. The molecular weight excluding hydrogens is 320 g/mol. The molecule has 7 heteroatoms. The molecule has 0 radical (unpaired) electrons. The lowest BCUT2D eigenvalue weighted by Gasteiger charge is -2.33. The van der Waals surface area contributed by atoms with Crippen molar-refractivity contribution in [2.24, 2.45) is 0 Å². The molecule has 1 atom stereocenters. The van der Waals surface area contributed by atoms with Crippen molar-refractivity contribution in [2.45, 2.75) is 44.3 Å². The van der Waals surface area contributed by atoms with Gasteiger partial charge in [-0.2, -0.15) is 0 Å². The van der Waals surface area contributed by atoms with Gasteiger partial charge in [-0.1, -0.05) is 0 Å². The maximum atomic E-state index is 12.0. The number of likely N-dealkylation sites (tertiary alicyclic amines) is 1. The van der Waals surface area contributed by atoms with Crippen LogP contribution in [-0.2, 0) is 19.0 Å². The van der Waals surface area contributed by atoms with E-state index in [1.54, 1.807) is 7.11 Å². The monoisotopic (exact) mass is 350 g/mol. The highest BCUT2D eigenvalue weighted by Gasteiger charge is 2.24. The average Bonchev–Trinajstić information content (AvgIpc) is 2.58. The van der Waals surface area contributed by atoms with E-state index in [1.165, 1.54) is 12.8 Å². The SMILES string of the molecule is COCCNCC(=O)N1CCC(OCC2CCCCO2)CC1.Cl. The van der Waals surface area contributed by atoms with Gasteiger partial charge in [0.15, 0.2) is 0 Å². The summed E-state index contributed by atoms with van der Waals surface area (Å²) in [6.07, 6.45) is 5.94. The molecule has 0 bridgehead atoms. The van der Waals surface area contributed by atoms with Crippen LogP contribution in [0.4, 0.5) is 0 Å². The van der Waals surface area contributed by atoms with Crippen LogP contribution in [0, 0.1) is 0 Å². The number of carbonyl (C=O) groups is 1. The molecule has 136 valence electrons. The van der Waals surface area contributed by atoms with Crippen LogP contribution in [0.1, 0.15) is 32.1 Å². The Bertz CT molecular complexity index is 319. The molecule has 1 unspecified atom stereocenters. The van der Waals surface area contributed by atoms with Crippen LogP contribution in [0.3, 0.4) is 0 Å². The van der Waals surface area contributed by atoms with Crippen molar-refractivity contribution in [3.63, 3.8) is 0 Å². The van der Waals surface area contributed by atoms with E-state index in [-0.39, 0.29) is 30.5 Å². The second-order valence-corrected chi connectivity index (χ2v) is 6.07. The zero-order chi connectivity index (χ0) is 15.6. The van der Waals surface area contributed by atoms with Gasteiger partial charge in [0.1, 0.15) is 0 Å². The summed E-state index contributed by atoms with van der Waals surface area (Å²) < 4.78 is 16.6. The van der Waals surface area contributed by atoms with Crippen LogP contribution in [0.2, 0.25) is 0 Å². The third-order valence-electron chi connectivity index (χ3n) is 4.35. The third-order valence-corrected chi connectivity index (χ3v) is 4.35. The quantitative estimate of drug-likeness (QED) is 0.667. The number of halogens is 1. The molecule has 2 heterocycles. The topological polar surface area (TPSA) is 60.0 Å². The second-order valence-electron chi connectivity index (χ2n) is 6.07. The Morgan fingerprint density at radius 1 is 1.26 bits per heavy atom. The van der Waals surface area contributed by atoms with Gasteiger partial charge < -0.3 is 24.4 Å². The second kappa shape index (κ2) is 12.0. The Morgan fingerprint density at radius 3 is 2.70 bits per heavy atom. The van der Waals surface area contributed by atoms with Gasteiger partial charge in [0.05, 0.1) is 32.0 Å². The standard InChI is InChI=1S/C16H30N2O4.ClH/c1-20-11-7-17-12-16(19)18-8-5-14(6-9-18)22-13-15-4-2-3-10-21-15;/h14-15,17H,2-13H2,1H3;1H. The summed E-state index contributed by atoms with van der Waals surface area (Å²) in [7, 11) is 1.66. The van der Waals surface area contributed by atoms with E-state index in [0.29, 0.717) is 26.3 Å². The fourth-order valence-corrected chi connectivity index (χ4v) is 2.94. The Labute approximate surface area is 145 Å². The third kappa shape index (κ3) is 7.81. The first-order valence-corrected chi connectivity index (χ1v) is 8.50. The van der Waals surface area contributed by atoms with Crippen molar-refractivity contribution in [1.29, 1.82) is 0 Å². The molecular formula is C16H31ClN2O4. The molecule has 0 aromatic heterocycles. The number of nitrogens with one attached hydrogen (secondary N) is 1. The molecule has 1 amide bonds. The number of methoxy groups -OCH3 is 1. The fraction of sp³-hybridized carbons (Fsp3) is 0.938. The molecule has 2 fully saturated rings. The number of nitrogens with zero attached hydrogens (tertiary/aromatic N) is 1. The van der Waals surface area contributed by atoms with Crippen LogP contribution in [0.25, 0.3) is 0 Å². The van der Waals surface area contributed by atoms with Crippen molar-refractivity contribution in [1.82, 2.24) is 10.2 Å². The molecule has 0 saturated carbocycles. The number of rotatable bonds is 8. The van der Waals surface area contributed by atoms with Crippen LogP contribution >= 0.6 is 12.4 Å². The predicted molar refractivity (Wildman–Crippen MR) is 91.1 cm³/mol. The Hall–Kier alpha value is -0.400. The summed E-state index contributed by atoms with van der Waals surface area (Å²) in [4.78, 5) is 14.0. The number of carbonyl (C=O) groups excluding carboxylic acids is 1. The first-order valence-electron chi connectivity index (χ1n) is 8.50. The highest BCUT2D eigenvalue weighted by molar-refractivity contribution is 5.85. The van der Waals surface area contributed by atoms with E-state index in [9.17, 15) is 4.79 Å². The minimum absolute atomic E-state index is 0. The van der Waals surface area contributed by atoms with E-state index >= 15 is 0 Å². The Morgan fingerprint density at radius 2 is 2.04 bits per heavy atom. The molecule has 1 N–H and O–H groups in total. The van der Waals surface area contributed by atoms with E-state index in [4.69, 9.17) is 14.2 Å². The van der Waals surface area contributed by atoms with Gasteiger partial charge in [-0.3, -0.25) is 4.79 Å². The maximum Gasteiger partial charge on any atom is 0.236 e. The number of hydrogen-bond donors (Lipinski definition) is 1. The summed E-state index contributed by atoms with van der Waals surface area (Å²) in [6.45, 7) is 4.90. The minimum atomic E-state index is 0. The molecule has 0 spiro atoms. The highest BCUT2D eigenvalue weighted by Crippen LogP contribution is 2.17. The zero-order valence-corrected chi connectivity index (χ0v) is 14.9. The maximum absolute atomic E-state index is 12.0. The van der Waals surface area contributed by atoms with Crippen LogP contribution in [-0.4, -0.2) is 76.1 Å². The van der Waals surface area contributed by atoms with Gasteiger partial charge in [0, 0.05) is 33.4 Å². The van der Waals surface area contributed by atoms with Crippen molar-refractivity contribution in [3.8, 4) is 0 Å². The molecule has 0 aliphatic carbocycles. The van der Waals surface area contributed by atoms with E-state index < -0.39 is 0 Å². The average molecular weight is 351 g/mol. The lowest BCUT2D eigenvalue weighted by Crippen LogP contribution is -2.45. The molecule has 2 aliphatic heterocycles. The predicted octanol–water partition coefficient (Wildman–Crippen LogP) is 1.22. The summed E-state index contributed by atoms with van der Waals surface area (Å²) in [5.41, 5.74) is 0. The van der Waals surface area contributed by atoms with E-state index in [0.717, 1.165) is 39.0 Å². The van der Waals surface area contributed by atoms with E-state index in [1.807, 2.05) is 4.90 Å². The molecule has 2 rings (SSSR count). The smallest absolute Gasteiger partial charge is 0.236 e. The lowest BCUT2D eigenvalue weighted by molar-refractivity contribution is -0.133. The summed E-state index contributed by atoms with van der Waals surface area (Å²) in [6, 6.07) is 0. The van der Waals surface area contributed by atoms with Gasteiger partial charge in [-0.15, -0.1) is 12.4 Å². The first-order chi connectivity index (χ1) is 10.8. The minimum Gasteiger partial charge on any atom is -0.383 e. The van der Waals surface area contributed by atoms with Gasteiger partial charge >= 0.3 is 0 Å². The number of ether oxygens (including phenoxy) is 3. The highest BCUT2D eigenvalue weighted by atomic mass is 35.5. The van der Waals surface area contributed by atoms with Gasteiger partial charge in [-0.05, 0) is 32.1 Å². The molecule has 0 aromatic rings. The van der Waals surface area contributed by atoms with Crippen LogP contribution in [0.15, 0.2) is 0 Å². The first kappa shape index (κ1) is 20.6. The number of hydrogen-bond acceptors (Lipinski definition) is 5.